The highest BCUT2D eigenvalue weighted by Crippen LogP contribution is 2.27. The Balaban J connectivity index is 0.00000338. The van der Waals surface area contributed by atoms with Crippen molar-refractivity contribution in [1.29, 1.82) is 0 Å². The number of aromatic nitrogens is 1. The lowest BCUT2D eigenvalue weighted by atomic mass is 9.86. The van der Waals surface area contributed by atoms with Crippen LogP contribution in [0.4, 0.5) is 4.39 Å². The van der Waals surface area contributed by atoms with E-state index in [-0.39, 0.29) is 30.4 Å². The van der Waals surface area contributed by atoms with Gasteiger partial charge in [-0.2, -0.15) is 0 Å². The van der Waals surface area contributed by atoms with Crippen LogP contribution in [0.15, 0.2) is 18.5 Å². The average molecular weight is 410 g/mol. The highest BCUT2D eigenvalue weighted by Gasteiger charge is 2.30. The van der Waals surface area contributed by atoms with Crippen molar-refractivity contribution in [2.24, 2.45) is 5.92 Å². The molecule has 1 aliphatic rings. The van der Waals surface area contributed by atoms with Crippen LogP contribution >= 0.6 is 12.4 Å². The molecule has 0 aromatic carbocycles. The van der Waals surface area contributed by atoms with E-state index in [0.717, 1.165) is 25.5 Å². The molecule has 150 valence electrons. The Hall–Kier alpha value is -0.800. The third-order valence-corrected chi connectivity index (χ3v) is 5.90. The standard InChI is InChI=1S/C17H28FN3O3S.ClH/c1-17(2,8-13-5-4-6-21(12-13)25(3,23)24)20-11-16(22)14-7-15(18)10-19-9-14;/h7,9-10,13,16,20,22H,4-6,8,11-12H2,1-3H3;1H/t13-,16-;/m0./s1. The first-order valence-electron chi connectivity index (χ1n) is 8.55. The maximum absolute atomic E-state index is 13.2. The van der Waals surface area contributed by atoms with Gasteiger partial charge in [-0.1, -0.05) is 0 Å². The topological polar surface area (TPSA) is 82.5 Å². The Kier molecular flexibility index (Phi) is 8.41. The highest BCUT2D eigenvalue weighted by molar-refractivity contribution is 7.88. The number of sulfonamides is 1. The Labute approximate surface area is 161 Å². The summed E-state index contributed by atoms with van der Waals surface area (Å²) in [6, 6.07) is 1.28. The number of aliphatic hydroxyl groups excluding tert-OH is 1. The number of hydrogen-bond donors (Lipinski definition) is 2. The monoisotopic (exact) mass is 409 g/mol. The minimum atomic E-state index is -3.15. The van der Waals surface area contributed by atoms with Crippen LogP contribution < -0.4 is 5.32 Å². The molecule has 0 saturated carbocycles. The molecule has 2 atom stereocenters. The molecule has 1 aromatic rings. The number of β-amino-alcohol motifs (C(OH)–C–C–N with tert-alkyl or cyclic N) is 1. The van der Waals surface area contributed by atoms with Crippen molar-refractivity contribution in [1.82, 2.24) is 14.6 Å². The molecule has 1 fully saturated rings. The first-order valence-corrected chi connectivity index (χ1v) is 10.4. The number of pyridine rings is 1. The second-order valence-electron chi connectivity index (χ2n) is 7.55. The molecule has 6 nitrogen and oxygen atoms in total. The lowest BCUT2D eigenvalue weighted by Gasteiger charge is -2.36. The van der Waals surface area contributed by atoms with Crippen LogP contribution in [0.3, 0.4) is 0 Å². The van der Waals surface area contributed by atoms with Gasteiger partial charge in [0.25, 0.3) is 0 Å². The van der Waals surface area contributed by atoms with Gasteiger partial charge in [-0.05, 0) is 45.1 Å². The molecular weight excluding hydrogens is 381 g/mol. The summed E-state index contributed by atoms with van der Waals surface area (Å²) in [7, 11) is -3.15. The fraction of sp³-hybridized carbons (Fsp3) is 0.706. The molecule has 1 aromatic heterocycles. The summed E-state index contributed by atoms with van der Waals surface area (Å²) in [4.78, 5) is 3.75. The van der Waals surface area contributed by atoms with Crippen LogP contribution in [0.5, 0.6) is 0 Å². The molecule has 0 bridgehead atoms. The van der Waals surface area contributed by atoms with Crippen LogP contribution in [-0.2, 0) is 10.0 Å². The van der Waals surface area contributed by atoms with E-state index in [1.807, 2.05) is 13.8 Å². The summed E-state index contributed by atoms with van der Waals surface area (Å²) in [5.41, 5.74) is 0.164. The quantitative estimate of drug-likeness (QED) is 0.720. The molecular formula is C17H29ClFN3O3S. The second kappa shape index (κ2) is 9.41. The molecule has 1 aliphatic heterocycles. The van der Waals surface area contributed by atoms with Crippen molar-refractivity contribution in [3.8, 4) is 0 Å². The molecule has 2 heterocycles. The van der Waals surface area contributed by atoms with Gasteiger partial charge in [0.15, 0.2) is 0 Å². The number of aliphatic hydroxyl groups is 1. The summed E-state index contributed by atoms with van der Waals surface area (Å²) in [5.74, 6) is -0.196. The van der Waals surface area contributed by atoms with Crippen LogP contribution in [0, 0.1) is 11.7 Å². The summed E-state index contributed by atoms with van der Waals surface area (Å²) < 4.78 is 38.2. The number of piperidine rings is 1. The van der Waals surface area contributed by atoms with Crippen molar-refractivity contribution in [3.05, 3.63) is 29.8 Å². The van der Waals surface area contributed by atoms with Crippen molar-refractivity contribution in [2.75, 3.05) is 25.9 Å². The van der Waals surface area contributed by atoms with Crippen molar-refractivity contribution in [2.45, 2.75) is 44.8 Å². The van der Waals surface area contributed by atoms with Crippen LogP contribution in [0.1, 0.15) is 44.8 Å². The largest absolute Gasteiger partial charge is 0.387 e. The van der Waals surface area contributed by atoms with E-state index in [0.29, 0.717) is 18.7 Å². The van der Waals surface area contributed by atoms with Crippen LogP contribution in [0.25, 0.3) is 0 Å². The number of hydrogen-bond acceptors (Lipinski definition) is 5. The number of rotatable bonds is 7. The third kappa shape index (κ3) is 7.08. The van der Waals surface area contributed by atoms with Gasteiger partial charge in [0, 0.05) is 36.9 Å². The van der Waals surface area contributed by atoms with Crippen LogP contribution in [-0.4, -0.2) is 54.2 Å². The van der Waals surface area contributed by atoms with Gasteiger partial charge in [-0.25, -0.2) is 17.1 Å². The van der Waals surface area contributed by atoms with Gasteiger partial charge in [0.2, 0.25) is 10.0 Å². The first kappa shape index (κ1) is 23.2. The van der Waals surface area contributed by atoms with Crippen molar-refractivity contribution < 1.29 is 17.9 Å². The fourth-order valence-corrected chi connectivity index (χ4v) is 4.33. The minimum absolute atomic E-state index is 0. The Bertz CT molecular complexity index is 688. The zero-order valence-electron chi connectivity index (χ0n) is 15.5. The molecule has 9 heteroatoms. The SMILES string of the molecule is CC(C)(C[C@@H]1CCCN(S(C)(=O)=O)C1)NC[C@H](O)c1cncc(F)c1.Cl. The average Bonchev–Trinajstić information content (AvgIpc) is 2.52. The molecule has 0 amide bonds. The predicted octanol–water partition coefficient (Wildman–Crippen LogP) is 2.11. The number of halogens is 2. The Morgan fingerprint density at radius 2 is 2.15 bits per heavy atom. The van der Waals surface area contributed by atoms with Gasteiger partial charge < -0.3 is 10.4 Å². The molecule has 0 radical (unpaired) electrons. The second-order valence-corrected chi connectivity index (χ2v) is 9.53. The van der Waals surface area contributed by atoms with E-state index in [9.17, 15) is 17.9 Å². The van der Waals surface area contributed by atoms with E-state index in [1.165, 1.54) is 18.5 Å². The zero-order chi connectivity index (χ0) is 18.7. The van der Waals surface area contributed by atoms with E-state index in [1.54, 1.807) is 4.31 Å². The highest BCUT2D eigenvalue weighted by atomic mass is 35.5. The molecule has 26 heavy (non-hydrogen) atoms. The molecule has 0 unspecified atom stereocenters. The zero-order valence-corrected chi connectivity index (χ0v) is 17.1. The van der Waals surface area contributed by atoms with Gasteiger partial charge in [0.05, 0.1) is 18.6 Å². The number of nitrogens with zero attached hydrogens (tertiary/aromatic N) is 2. The van der Waals surface area contributed by atoms with E-state index in [4.69, 9.17) is 0 Å². The lowest BCUT2D eigenvalue weighted by Crippen LogP contribution is -2.46. The molecule has 1 saturated heterocycles. The van der Waals surface area contributed by atoms with E-state index < -0.39 is 21.9 Å². The Morgan fingerprint density at radius 3 is 2.77 bits per heavy atom. The predicted molar refractivity (Wildman–Crippen MR) is 102 cm³/mol. The van der Waals surface area contributed by atoms with Crippen molar-refractivity contribution in [3.63, 3.8) is 0 Å². The summed E-state index contributed by atoms with van der Waals surface area (Å²) >= 11 is 0. The van der Waals surface area contributed by atoms with Gasteiger partial charge >= 0.3 is 0 Å². The maximum atomic E-state index is 13.2. The summed E-state index contributed by atoms with van der Waals surface area (Å²) in [6.45, 7) is 5.47. The van der Waals surface area contributed by atoms with Gasteiger partial charge in [-0.15, -0.1) is 12.4 Å². The smallest absolute Gasteiger partial charge is 0.211 e. The minimum Gasteiger partial charge on any atom is -0.387 e. The van der Waals surface area contributed by atoms with E-state index in [2.05, 4.69) is 10.3 Å². The molecule has 0 aliphatic carbocycles. The normalized spacial score (nSPS) is 20.4. The molecule has 2 N–H and O–H groups in total. The van der Waals surface area contributed by atoms with Crippen molar-refractivity contribution >= 4 is 22.4 Å². The lowest BCUT2D eigenvalue weighted by molar-refractivity contribution is 0.147. The van der Waals surface area contributed by atoms with Gasteiger partial charge in [0.1, 0.15) is 5.82 Å². The van der Waals surface area contributed by atoms with E-state index >= 15 is 0 Å². The molecule has 2 rings (SSSR count). The third-order valence-electron chi connectivity index (χ3n) is 4.63. The molecule has 0 spiro atoms. The summed E-state index contributed by atoms with van der Waals surface area (Å²) in [6.07, 6.45) is 5.62. The fourth-order valence-electron chi connectivity index (χ4n) is 3.39. The Morgan fingerprint density at radius 1 is 1.46 bits per heavy atom. The first-order chi connectivity index (χ1) is 11.6. The van der Waals surface area contributed by atoms with Gasteiger partial charge in [-0.3, -0.25) is 4.98 Å². The number of nitrogens with one attached hydrogen (secondary N) is 1. The van der Waals surface area contributed by atoms with Crippen LogP contribution in [0.2, 0.25) is 0 Å². The summed E-state index contributed by atoms with van der Waals surface area (Å²) in [5, 5.41) is 13.5. The maximum Gasteiger partial charge on any atom is 0.211 e.